The van der Waals surface area contributed by atoms with Crippen molar-refractivity contribution in [1.29, 1.82) is 0 Å². The Balaban J connectivity index is 4.41. The molecule has 0 aliphatic carbocycles. The lowest BCUT2D eigenvalue weighted by atomic mass is 9.77. The minimum absolute atomic E-state index is 0.0551. The van der Waals surface area contributed by atoms with Crippen LogP contribution in [0.3, 0.4) is 0 Å². The number of hydrogen-bond acceptors (Lipinski definition) is 3. The van der Waals surface area contributed by atoms with E-state index in [9.17, 15) is 4.79 Å². The first-order valence-corrected chi connectivity index (χ1v) is 6.73. The van der Waals surface area contributed by atoms with E-state index in [0.29, 0.717) is 0 Å². The molecule has 0 fully saturated rings. The van der Waals surface area contributed by atoms with Crippen LogP contribution in [0.4, 0.5) is 4.79 Å². The molecule has 0 aromatic heterocycles. The maximum atomic E-state index is 11.5. The molecular weight excluding hydrogens is 216 g/mol. The van der Waals surface area contributed by atoms with Crippen LogP contribution in [0.15, 0.2) is 0 Å². The standard InChI is InChI=1S/C14H28O3/c1-7-9-14(6,10-8-2)12(5)17-13(15)16-11(3)4/h11-12H,7-10H2,1-6H3. The van der Waals surface area contributed by atoms with Crippen molar-refractivity contribution in [3.63, 3.8) is 0 Å². The number of hydrogen-bond donors (Lipinski definition) is 0. The molecule has 0 amide bonds. The van der Waals surface area contributed by atoms with Crippen molar-refractivity contribution in [2.24, 2.45) is 5.41 Å². The third-order valence-electron chi connectivity index (χ3n) is 3.23. The number of ether oxygens (including phenoxy) is 2. The Morgan fingerprint density at radius 1 is 1.06 bits per heavy atom. The van der Waals surface area contributed by atoms with Gasteiger partial charge in [-0.2, -0.15) is 0 Å². The van der Waals surface area contributed by atoms with Gasteiger partial charge in [0.05, 0.1) is 6.10 Å². The molecule has 3 nitrogen and oxygen atoms in total. The van der Waals surface area contributed by atoms with E-state index in [4.69, 9.17) is 9.47 Å². The summed E-state index contributed by atoms with van der Waals surface area (Å²) in [6, 6.07) is 0. The van der Waals surface area contributed by atoms with Gasteiger partial charge in [-0.1, -0.05) is 33.6 Å². The molecule has 1 unspecified atom stereocenters. The molecule has 0 rings (SSSR count). The van der Waals surface area contributed by atoms with Gasteiger partial charge in [0.25, 0.3) is 0 Å². The summed E-state index contributed by atoms with van der Waals surface area (Å²) in [7, 11) is 0. The number of carbonyl (C=O) groups excluding carboxylic acids is 1. The molecule has 0 radical (unpaired) electrons. The lowest BCUT2D eigenvalue weighted by Crippen LogP contribution is -2.34. The molecule has 0 aliphatic heterocycles. The van der Waals surface area contributed by atoms with E-state index in [1.165, 1.54) is 0 Å². The average Bonchev–Trinajstić information content (AvgIpc) is 2.16. The van der Waals surface area contributed by atoms with Gasteiger partial charge < -0.3 is 9.47 Å². The van der Waals surface area contributed by atoms with Gasteiger partial charge in [-0.05, 0) is 33.6 Å². The van der Waals surface area contributed by atoms with Crippen LogP contribution in [0.1, 0.15) is 67.2 Å². The molecule has 1 atom stereocenters. The lowest BCUT2D eigenvalue weighted by Gasteiger charge is -2.34. The van der Waals surface area contributed by atoms with Crippen LogP contribution >= 0.6 is 0 Å². The first-order valence-electron chi connectivity index (χ1n) is 6.73. The highest BCUT2D eigenvalue weighted by atomic mass is 16.7. The Bertz CT molecular complexity index is 218. The normalized spacial score (nSPS) is 13.6. The monoisotopic (exact) mass is 244 g/mol. The second-order valence-corrected chi connectivity index (χ2v) is 5.33. The molecule has 0 spiro atoms. The van der Waals surface area contributed by atoms with Crippen LogP contribution in [0.2, 0.25) is 0 Å². The van der Waals surface area contributed by atoms with Crippen molar-refractivity contribution in [3.05, 3.63) is 0 Å². The van der Waals surface area contributed by atoms with Gasteiger partial charge >= 0.3 is 6.16 Å². The largest absolute Gasteiger partial charge is 0.508 e. The molecule has 0 saturated carbocycles. The highest BCUT2D eigenvalue weighted by Gasteiger charge is 2.32. The summed E-state index contributed by atoms with van der Waals surface area (Å²) in [5.74, 6) is 0. The second-order valence-electron chi connectivity index (χ2n) is 5.33. The summed E-state index contributed by atoms with van der Waals surface area (Å²) in [5.41, 5.74) is 0.0551. The minimum atomic E-state index is -0.550. The predicted molar refractivity (Wildman–Crippen MR) is 70.1 cm³/mol. The molecule has 0 saturated heterocycles. The van der Waals surface area contributed by atoms with Gasteiger partial charge in [0.1, 0.15) is 6.10 Å². The van der Waals surface area contributed by atoms with Gasteiger partial charge in [-0.25, -0.2) is 4.79 Å². The fourth-order valence-corrected chi connectivity index (χ4v) is 2.18. The van der Waals surface area contributed by atoms with E-state index in [1.54, 1.807) is 0 Å². The predicted octanol–water partition coefficient (Wildman–Crippen LogP) is 4.54. The van der Waals surface area contributed by atoms with Gasteiger partial charge in [0, 0.05) is 5.41 Å². The van der Waals surface area contributed by atoms with Gasteiger partial charge in [0.15, 0.2) is 0 Å². The van der Waals surface area contributed by atoms with E-state index >= 15 is 0 Å². The van der Waals surface area contributed by atoms with E-state index in [2.05, 4.69) is 20.8 Å². The fourth-order valence-electron chi connectivity index (χ4n) is 2.18. The van der Waals surface area contributed by atoms with Crippen LogP contribution in [-0.4, -0.2) is 18.4 Å². The van der Waals surface area contributed by atoms with Crippen molar-refractivity contribution in [3.8, 4) is 0 Å². The van der Waals surface area contributed by atoms with E-state index in [1.807, 2.05) is 20.8 Å². The highest BCUT2D eigenvalue weighted by Crippen LogP contribution is 2.35. The zero-order valence-electron chi connectivity index (χ0n) is 12.2. The molecule has 3 heteroatoms. The second kappa shape index (κ2) is 7.57. The van der Waals surface area contributed by atoms with Crippen molar-refractivity contribution < 1.29 is 14.3 Å². The average molecular weight is 244 g/mol. The zero-order chi connectivity index (χ0) is 13.5. The fraction of sp³-hybridized carbons (Fsp3) is 0.929. The van der Waals surface area contributed by atoms with Crippen molar-refractivity contribution in [2.45, 2.75) is 79.4 Å². The first kappa shape index (κ1) is 16.3. The number of rotatable bonds is 7. The summed E-state index contributed by atoms with van der Waals surface area (Å²) in [4.78, 5) is 11.5. The zero-order valence-corrected chi connectivity index (χ0v) is 12.2. The maximum absolute atomic E-state index is 11.5. The minimum Gasteiger partial charge on any atom is -0.432 e. The molecule has 0 N–H and O–H groups in total. The third kappa shape index (κ3) is 5.94. The van der Waals surface area contributed by atoms with Crippen LogP contribution in [-0.2, 0) is 9.47 Å². The molecule has 17 heavy (non-hydrogen) atoms. The summed E-state index contributed by atoms with van der Waals surface area (Å²) in [5, 5.41) is 0. The summed E-state index contributed by atoms with van der Waals surface area (Å²) in [6.07, 6.45) is 3.55. The van der Waals surface area contributed by atoms with Crippen molar-refractivity contribution >= 4 is 6.16 Å². The number of carbonyl (C=O) groups is 1. The Labute approximate surface area is 106 Å². The molecule has 102 valence electrons. The smallest absolute Gasteiger partial charge is 0.432 e. The Kier molecular flexibility index (Phi) is 7.24. The van der Waals surface area contributed by atoms with Gasteiger partial charge in [0.2, 0.25) is 0 Å². The molecule has 0 aromatic carbocycles. The quantitative estimate of drug-likeness (QED) is 0.617. The lowest BCUT2D eigenvalue weighted by molar-refractivity contribution is -0.0357. The molecule has 0 bridgehead atoms. The first-order chi connectivity index (χ1) is 7.85. The topological polar surface area (TPSA) is 35.5 Å². The Hall–Kier alpha value is -0.730. The summed E-state index contributed by atoms with van der Waals surface area (Å²) < 4.78 is 10.4. The van der Waals surface area contributed by atoms with Crippen LogP contribution in [0.25, 0.3) is 0 Å². The molecular formula is C14H28O3. The van der Waals surface area contributed by atoms with Crippen LogP contribution < -0.4 is 0 Å². The molecule has 0 aromatic rings. The molecule has 0 aliphatic rings. The molecule has 0 heterocycles. The highest BCUT2D eigenvalue weighted by molar-refractivity contribution is 5.60. The van der Waals surface area contributed by atoms with E-state index < -0.39 is 6.16 Å². The van der Waals surface area contributed by atoms with Crippen LogP contribution in [0, 0.1) is 5.41 Å². The SMILES string of the molecule is CCCC(C)(CCC)C(C)OC(=O)OC(C)C. The van der Waals surface area contributed by atoms with Crippen molar-refractivity contribution in [2.75, 3.05) is 0 Å². The summed E-state index contributed by atoms with van der Waals surface area (Å²) >= 11 is 0. The van der Waals surface area contributed by atoms with Gasteiger partial charge in [-0.15, -0.1) is 0 Å². The van der Waals surface area contributed by atoms with E-state index in [-0.39, 0.29) is 17.6 Å². The third-order valence-corrected chi connectivity index (χ3v) is 3.23. The van der Waals surface area contributed by atoms with Crippen molar-refractivity contribution in [1.82, 2.24) is 0 Å². The van der Waals surface area contributed by atoms with E-state index in [0.717, 1.165) is 25.7 Å². The van der Waals surface area contributed by atoms with Gasteiger partial charge in [-0.3, -0.25) is 0 Å². The Morgan fingerprint density at radius 2 is 1.53 bits per heavy atom. The Morgan fingerprint density at radius 3 is 1.88 bits per heavy atom. The summed E-state index contributed by atoms with van der Waals surface area (Å²) in [6.45, 7) is 12.1. The van der Waals surface area contributed by atoms with Crippen LogP contribution in [0.5, 0.6) is 0 Å². The maximum Gasteiger partial charge on any atom is 0.508 e.